The summed E-state index contributed by atoms with van der Waals surface area (Å²) in [6.07, 6.45) is 5.35. The van der Waals surface area contributed by atoms with Crippen LogP contribution in [0.15, 0.2) is 42.9 Å². The molecular formula is C19H14ClIN4OS. The third kappa shape index (κ3) is 3.17. The number of hydrogen-bond donors (Lipinski definition) is 1. The largest absolute Gasteiger partial charge is 0.355 e. The van der Waals surface area contributed by atoms with Crippen LogP contribution in [0.4, 0.5) is 0 Å². The number of amides is 1. The average Bonchev–Trinajstić information content (AvgIpc) is 3.06. The van der Waals surface area contributed by atoms with Crippen LogP contribution in [0.2, 0.25) is 5.02 Å². The molecule has 0 aliphatic heterocycles. The zero-order valence-corrected chi connectivity index (χ0v) is 18.2. The Balaban J connectivity index is 2.02. The number of pyridine rings is 2. The highest BCUT2D eigenvalue weighted by molar-refractivity contribution is 14.2. The third-order valence-corrected chi connectivity index (χ3v) is 6.50. The first-order chi connectivity index (χ1) is 13.0. The molecule has 0 fully saturated rings. The Bertz CT molecular complexity index is 1210. The Labute approximate surface area is 177 Å². The number of carbonyl (C=O) groups is 1. The summed E-state index contributed by atoms with van der Waals surface area (Å²) in [5.74, 6) is -0.160. The second kappa shape index (κ2) is 7.29. The zero-order chi connectivity index (χ0) is 19.1. The van der Waals surface area contributed by atoms with Crippen molar-refractivity contribution in [3.8, 4) is 11.1 Å². The van der Waals surface area contributed by atoms with Gasteiger partial charge in [-0.25, -0.2) is 4.98 Å². The molecule has 5 nitrogen and oxygen atoms in total. The number of carbonyl (C=O) groups excluding carboxylic acids is 1. The topological polar surface area (TPSA) is 59.8 Å². The van der Waals surface area contributed by atoms with Crippen molar-refractivity contribution in [1.29, 1.82) is 0 Å². The fourth-order valence-electron chi connectivity index (χ4n) is 3.19. The quantitative estimate of drug-likeness (QED) is 0.376. The van der Waals surface area contributed by atoms with Gasteiger partial charge < -0.3 is 5.32 Å². The van der Waals surface area contributed by atoms with Gasteiger partial charge in [0, 0.05) is 72.3 Å². The monoisotopic (exact) mass is 508 g/mol. The third-order valence-electron chi connectivity index (χ3n) is 4.47. The van der Waals surface area contributed by atoms with E-state index in [9.17, 15) is 4.79 Å². The van der Waals surface area contributed by atoms with Crippen molar-refractivity contribution in [2.24, 2.45) is 0 Å². The van der Waals surface area contributed by atoms with Crippen LogP contribution in [-0.2, 0) is 0 Å². The molecule has 1 amide bonds. The van der Waals surface area contributed by atoms with Crippen molar-refractivity contribution in [1.82, 2.24) is 19.3 Å². The van der Waals surface area contributed by atoms with Gasteiger partial charge in [-0.3, -0.25) is 13.8 Å². The summed E-state index contributed by atoms with van der Waals surface area (Å²) in [7, 11) is 3.14. The number of hydrogen-bond acceptors (Lipinski definition) is 4. The number of rotatable bonds is 3. The lowest BCUT2D eigenvalue weighted by molar-refractivity contribution is 0.0963. The van der Waals surface area contributed by atoms with Crippen LogP contribution in [0.5, 0.6) is 0 Å². The van der Waals surface area contributed by atoms with E-state index in [1.165, 1.54) is 9.12 Å². The van der Waals surface area contributed by atoms with E-state index < -0.39 is 0 Å². The maximum absolute atomic E-state index is 12.1. The van der Waals surface area contributed by atoms with Gasteiger partial charge in [0.15, 0.2) is 5.65 Å². The van der Waals surface area contributed by atoms with Gasteiger partial charge in [-0.1, -0.05) is 11.6 Å². The van der Waals surface area contributed by atoms with Gasteiger partial charge in [-0.2, -0.15) is 0 Å². The van der Waals surface area contributed by atoms with Crippen molar-refractivity contribution in [3.05, 3.63) is 59.0 Å². The van der Waals surface area contributed by atoms with Gasteiger partial charge in [-0.05, 0) is 42.3 Å². The van der Waals surface area contributed by atoms with Crippen molar-refractivity contribution in [2.45, 2.75) is 6.92 Å². The van der Waals surface area contributed by atoms with E-state index in [1.54, 1.807) is 25.5 Å². The van der Waals surface area contributed by atoms with Gasteiger partial charge in [0.05, 0.1) is 16.1 Å². The van der Waals surface area contributed by atoms with Gasteiger partial charge in [0.1, 0.15) is 0 Å². The minimum Gasteiger partial charge on any atom is -0.355 e. The van der Waals surface area contributed by atoms with Crippen molar-refractivity contribution >= 4 is 69.8 Å². The van der Waals surface area contributed by atoms with Crippen LogP contribution >= 0.6 is 41.9 Å². The maximum atomic E-state index is 12.1. The van der Waals surface area contributed by atoms with Crippen molar-refractivity contribution < 1.29 is 4.79 Å². The van der Waals surface area contributed by atoms with E-state index in [0.29, 0.717) is 10.6 Å². The standard InChI is InChI=1S/C19H14ClIN4OS/c1-10-5-11(6-14-16(20)3-4-23-17(10)14)15-9-25(27-21)18-13(15)7-12(8-24-18)19(26)22-2/h3-9H,1-2H3,(H,22,26). The van der Waals surface area contributed by atoms with Crippen LogP contribution < -0.4 is 5.32 Å². The molecule has 0 unspecified atom stereocenters. The first kappa shape index (κ1) is 18.5. The number of aromatic nitrogens is 3. The molecule has 4 rings (SSSR count). The van der Waals surface area contributed by atoms with Gasteiger partial charge in [-0.15, -0.1) is 0 Å². The molecule has 0 aliphatic rings. The van der Waals surface area contributed by atoms with E-state index in [4.69, 9.17) is 11.6 Å². The normalized spacial score (nSPS) is 11.3. The molecule has 0 aliphatic carbocycles. The second-order valence-electron chi connectivity index (χ2n) is 6.09. The lowest BCUT2D eigenvalue weighted by Crippen LogP contribution is -2.17. The molecule has 136 valence electrons. The van der Waals surface area contributed by atoms with Crippen molar-refractivity contribution in [2.75, 3.05) is 7.05 Å². The SMILES string of the molecule is CNC(=O)c1cnc2c(c1)c(-c1cc(C)c3nccc(Cl)c3c1)cn2SI. The highest BCUT2D eigenvalue weighted by atomic mass is 127. The number of nitrogens with zero attached hydrogens (tertiary/aromatic N) is 3. The summed E-state index contributed by atoms with van der Waals surface area (Å²) in [4.78, 5) is 21.0. The van der Waals surface area contributed by atoms with Crippen molar-refractivity contribution in [3.63, 3.8) is 0 Å². The highest BCUT2D eigenvalue weighted by Gasteiger charge is 2.16. The summed E-state index contributed by atoms with van der Waals surface area (Å²) < 4.78 is 1.99. The van der Waals surface area contributed by atoms with Gasteiger partial charge in [0.25, 0.3) is 5.91 Å². The average molecular weight is 509 g/mol. The van der Waals surface area contributed by atoms with E-state index >= 15 is 0 Å². The number of benzene rings is 1. The summed E-state index contributed by atoms with van der Waals surface area (Å²) in [6, 6.07) is 7.81. The van der Waals surface area contributed by atoms with Crippen LogP contribution in [0.25, 0.3) is 33.1 Å². The number of halogens is 2. The summed E-state index contributed by atoms with van der Waals surface area (Å²) in [5, 5.41) is 5.14. The van der Waals surface area contributed by atoms with Crippen LogP contribution in [-0.4, -0.2) is 26.9 Å². The summed E-state index contributed by atoms with van der Waals surface area (Å²) in [5.41, 5.74) is 5.29. The molecule has 0 spiro atoms. The molecule has 0 radical (unpaired) electrons. The van der Waals surface area contributed by atoms with Gasteiger partial charge in [0.2, 0.25) is 0 Å². The highest BCUT2D eigenvalue weighted by Crippen LogP contribution is 2.37. The molecule has 0 saturated carbocycles. The Morgan fingerprint density at radius 2 is 2.07 bits per heavy atom. The molecule has 0 bridgehead atoms. The maximum Gasteiger partial charge on any atom is 0.252 e. The summed E-state index contributed by atoms with van der Waals surface area (Å²) >= 11 is 8.63. The van der Waals surface area contributed by atoms with E-state index in [-0.39, 0.29) is 5.91 Å². The van der Waals surface area contributed by atoms with E-state index in [2.05, 4.69) is 42.6 Å². The van der Waals surface area contributed by atoms with Crippen LogP contribution in [0, 0.1) is 6.92 Å². The molecule has 1 aromatic carbocycles. The molecule has 8 heteroatoms. The fraction of sp³-hybridized carbons (Fsp3) is 0.105. The molecule has 0 atom stereocenters. The van der Waals surface area contributed by atoms with Crippen LogP contribution in [0.1, 0.15) is 15.9 Å². The predicted molar refractivity (Wildman–Crippen MR) is 121 cm³/mol. The lowest BCUT2D eigenvalue weighted by atomic mass is 9.99. The van der Waals surface area contributed by atoms with Gasteiger partial charge >= 0.3 is 0 Å². The van der Waals surface area contributed by atoms with E-state index in [1.807, 2.05) is 29.2 Å². The first-order valence-electron chi connectivity index (χ1n) is 8.11. The Hall–Kier alpha value is -1.84. The number of aryl methyl sites for hydroxylation is 1. The molecular weight excluding hydrogens is 495 g/mol. The minimum absolute atomic E-state index is 0.160. The molecule has 3 aromatic heterocycles. The fourth-order valence-corrected chi connectivity index (χ4v) is 4.64. The minimum atomic E-state index is -0.160. The predicted octanol–water partition coefficient (Wildman–Crippen LogP) is 5.42. The second-order valence-corrected chi connectivity index (χ2v) is 8.21. The molecule has 27 heavy (non-hydrogen) atoms. The Morgan fingerprint density at radius 3 is 2.81 bits per heavy atom. The van der Waals surface area contributed by atoms with Crippen LogP contribution in [0.3, 0.4) is 0 Å². The Kier molecular flexibility index (Phi) is 5.00. The molecule has 4 aromatic rings. The number of nitrogens with one attached hydrogen (secondary N) is 1. The molecule has 3 heterocycles. The Morgan fingerprint density at radius 1 is 1.26 bits per heavy atom. The molecule has 1 N–H and O–H groups in total. The zero-order valence-electron chi connectivity index (χ0n) is 14.5. The number of fused-ring (bicyclic) bond motifs is 2. The lowest BCUT2D eigenvalue weighted by Gasteiger charge is -2.08. The summed E-state index contributed by atoms with van der Waals surface area (Å²) in [6.45, 7) is 2.02. The molecule has 0 saturated heterocycles. The van der Waals surface area contributed by atoms with E-state index in [0.717, 1.165) is 38.6 Å². The first-order valence-corrected chi connectivity index (χ1v) is 11.8. The smallest absolute Gasteiger partial charge is 0.252 e.